The summed E-state index contributed by atoms with van der Waals surface area (Å²) in [7, 11) is 0. The number of Topliss-reactive ketones (excluding diaryl/α,β-unsaturated/α-hetero) is 1. The first kappa shape index (κ1) is 26.6. The number of ketones is 2. The van der Waals surface area contributed by atoms with Crippen LogP contribution < -0.4 is 4.74 Å². The molecule has 1 saturated heterocycles. The van der Waals surface area contributed by atoms with Gasteiger partial charge in [-0.25, -0.2) is 4.79 Å². The summed E-state index contributed by atoms with van der Waals surface area (Å²) in [6, 6.07) is 6.13. The minimum Gasteiger partial charge on any atom is -0.462 e. The van der Waals surface area contributed by atoms with Gasteiger partial charge in [-0.1, -0.05) is 36.4 Å². The van der Waals surface area contributed by atoms with Gasteiger partial charge in [-0.3, -0.25) is 9.59 Å². The molecule has 2 bridgehead atoms. The Labute approximate surface area is 216 Å². The molecule has 1 aromatic rings. The van der Waals surface area contributed by atoms with Crippen LogP contribution >= 0.6 is 0 Å². The van der Waals surface area contributed by atoms with Crippen LogP contribution in [0.5, 0.6) is 5.75 Å². The highest BCUT2D eigenvalue weighted by Crippen LogP contribution is 2.51. The van der Waals surface area contributed by atoms with Crippen LogP contribution in [0.15, 0.2) is 48.6 Å². The van der Waals surface area contributed by atoms with Gasteiger partial charge in [-0.15, -0.1) is 0 Å². The highest BCUT2D eigenvalue weighted by atomic mass is 16.7. The number of aliphatic hydroxyl groups is 6. The highest BCUT2D eigenvalue weighted by molar-refractivity contribution is 6.14. The largest absolute Gasteiger partial charge is 0.462 e. The molecule has 12 heteroatoms. The number of ether oxygens (including phenoxy) is 3. The summed E-state index contributed by atoms with van der Waals surface area (Å²) in [5.41, 5.74) is -2.39. The molecule has 4 aliphatic carbocycles. The van der Waals surface area contributed by atoms with Crippen molar-refractivity contribution < 1.29 is 59.2 Å². The molecule has 1 aromatic carbocycles. The van der Waals surface area contributed by atoms with Crippen LogP contribution in [0.25, 0.3) is 0 Å². The van der Waals surface area contributed by atoms with Gasteiger partial charge in [0, 0.05) is 23.3 Å². The van der Waals surface area contributed by atoms with Crippen LogP contribution in [0, 0.1) is 23.7 Å². The molecule has 0 spiro atoms. The number of para-hydroxylation sites is 1. The summed E-state index contributed by atoms with van der Waals surface area (Å²) >= 11 is 0. The molecule has 2 fully saturated rings. The van der Waals surface area contributed by atoms with Crippen molar-refractivity contribution in [1.82, 2.24) is 0 Å². The van der Waals surface area contributed by atoms with Gasteiger partial charge in [0.2, 0.25) is 11.9 Å². The Morgan fingerprint density at radius 2 is 1.71 bits per heavy atom. The average Bonchev–Trinajstić information content (AvgIpc) is 2.92. The molecule has 6 N–H and O–H groups in total. The van der Waals surface area contributed by atoms with Gasteiger partial charge >= 0.3 is 5.97 Å². The van der Waals surface area contributed by atoms with Gasteiger partial charge in [0.25, 0.3) is 0 Å². The topological polar surface area (TPSA) is 200 Å². The second-order valence-electron chi connectivity index (χ2n) is 9.93. The molecule has 6 rings (SSSR count). The van der Waals surface area contributed by atoms with E-state index in [1.807, 2.05) is 0 Å². The molecule has 1 heterocycles. The van der Waals surface area contributed by atoms with Gasteiger partial charge < -0.3 is 44.8 Å². The number of fused-ring (bicyclic) bond motifs is 1. The summed E-state index contributed by atoms with van der Waals surface area (Å²) in [6.45, 7) is -1.13. The Morgan fingerprint density at radius 1 is 0.974 bits per heavy atom. The first-order chi connectivity index (χ1) is 18.1. The third kappa shape index (κ3) is 4.09. The van der Waals surface area contributed by atoms with E-state index in [1.54, 1.807) is 18.2 Å². The molecule has 12 nitrogen and oxygen atoms in total. The molecule has 1 saturated carbocycles. The molecular weight excluding hydrogens is 504 g/mol. The van der Waals surface area contributed by atoms with Crippen molar-refractivity contribution in [2.75, 3.05) is 6.61 Å². The van der Waals surface area contributed by atoms with Gasteiger partial charge in [0.15, 0.2) is 11.6 Å². The molecule has 38 heavy (non-hydrogen) atoms. The quantitative estimate of drug-likeness (QED) is 0.131. The van der Waals surface area contributed by atoms with E-state index in [0.29, 0.717) is 0 Å². The third-order valence-corrected chi connectivity index (χ3v) is 7.83. The number of carbonyl (C=O) groups is 3. The molecule has 0 aromatic heterocycles. The lowest BCUT2D eigenvalue weighted by Crippen LogP contribution is -2.66. The predicted molar refractivity (Wildman–Crippen MR) is 124 cm³/mol. The number of benzene rings is 1. The van der Waals surface area contributed by atoms with Crippen molar-refractivity contribution in [2.24, 2.45) is 23.7 Å². The normalized spacial score (nSPS) is 41.6. The highest BCUT2D eigenvalue weighted by Gasteiger charge is 2.64. The van der Waals surface area contributed by atoms with Crippen LogP contribution in [0.3, 0.4) is 0 Å². The number of aliphatic hydroxyl groups excluding tert-OH is 5. The first-order valence-electron chi connectivity index (χ1n) is 12.2. The molecule has 204 valence electrons. The minimum absolute atomic E-state index is 0.0602. The predicted octanol–water partition coefficient (Wildman–Crippen LogP) is -2.24. The zero-order valence-electron chi connectivity index (χ0n) is 19.9. The van der Waals surface area contributed by atoms with Crippen molar-refractivity contribution in [3.8, 4) is 5.75 Å². The number of allylic oxidation sites excluding steroid dienone is 2. The molecule has 0 amide bonds. The van der Waals surface area contributed by atoms with Gasteiger partial charge in [0.05, 0.1) is 6.61 Å². The lowest BCUT2D eigenvalue weighted by Gasteiger charge is -2.51. The van der Waals surface area contributed by atoms with Crippen LogP contribution in [0.2, 0.25) is 0 Å². The summed E-state index contributed by atoms with van der Waals surface area (Å²) in [4.78, 5) is 38.4. The third-order valence-electron chi connectivity index (χ3n) is 7.83. The fourth-order valence-electron chi connectivity index (χ4n) is 5.75. The van der Waals surface area contributed by atoms with Crippen molar-refractivity contribution in [1.29, 1.82) is 0 Å². The summed E-state index contributed by atoms with van der Waals surface area (Å²) < 4.78 is 16.4. The van der Waals surface area contributed by atoms with E-state index in [2.05, 4.69) is 0 Å². The number of esters is 1. The number of rotatable bonds is 6. The van der Waals surface area contributed by atoms with Gasteiger partial charge in [-0.05, 0) is 18.1 Å². The maximum absolute atomic E-state index is 13.2. The Hall–Kier alpha value is -2.97. The van der Waals surface area contributed by atoms with E-state index in [4.69, 9.17) is 14.2 Å². The van der Waals surface area contributed by atoms with Crippen LogP contribution in [-0.2, 0) is 30.5 Å². The number of hydrogen-bond acceptors (Lipinski definition) is 12. The van der Waals surface area contributed by atoms with Crippen LogP contribution in [0.1, 0.15) is 5.56 Å². The van der Waals surface area contributed by atoms with Crippen molar-refractivity contribution in [3.63, 3.8) is 0 Å². The standard InChI is InChI=1S/C26H28O12/c27-9-16-21(31)22(32)23(33)24(38-16)37-15-4-2-1-3-11(15)10-36-25(34)26(35)17(28)8-7-12-13-5-6-14(18(12)26)20(30)19(13)29/h1-8,12-14,16,18,20-24,27,30-33,35H,9-10H2/t12?,13?,14?,16?,18?,20?,21-,22?,23+,24-,26+/m0/s1. The van der Waals surface area contributed by atoms with Crippen LogP contribution in [0.4, 0.5) is 0 Å². The molecule has 1 aliphatic heterocycles. The number of carbonyl (C=O) groups excluding carboxylic acids is 3. The van der Waals surface area contributed by atoms with E-state index in [1.165, 1.54) is 24.3 Å². The van der Waals surface area contributed by atoms with E-state index in [-0.39, 0.29) is 11.3 Å². The van der Waals surface area contributed by atoms with E-state index in [9.17, 15) is 45.0 Å². The molecular formula is C26H28O12. The molecule has 11 atom stereocenters. The Kier molecular flexibility index (Phi) is 6.99. The summed E-state index contributed by atoms with van der Waals surface area (Å²) in [6.07, 6.45) is -3.38. The summed E-state index contributed by atoms with van der Waals surface area (Å²) in [5.74, 6) is -6.06. The van der Waals surface area contributed by atoms with Gasteiger partial charge in [0.1, 0.15) is 42.9 Å². The van der Waals surface area contributed by atoms with E-state index < -0.39 is 96.8 Å². The number of hydrogen-bond donors (Lipinski definition) is 6. The first-order valence-corrected chi connectivity index (χ1v) is 12.2. The van der Waals surface area contributed by atoms with Crippen molar-refractivity contribution in [3.05, 3.63) is 54.1 Å². The second-order valence-corrected chi connectivity index (χ2v) is 9.93. The van der Waals surface area contributed by atoms with Gasteiger partial charge in [-0.2, -0.15) is 0 Å². The van der Waals surface area contributed by atoms with Crippen LogP contribution in [-0.4, -0.2) is 97.2 Å². The Morgan fingerprint density at radius 3 is 2.45 bits per heavy atom. The Bertz CT molecular complexity index is 1180. The zero-order chi connectivity index (χ0) is 27.4. The average molecular weight is 532 g/mol. The monoisotopic (exact) mass is 532 g/mol. The van der Waals surface area contributed by atoms with Crippen molar-refractivity contribution in [2.45, 2.75) is 49.0 Å². The fourth-order valence-corrected chi connectivity index (χ4v) is 5.75. The second kappa shape index (κ2) is 9.97. The smallest absolute Gasteiger partial charge is 0.347 e. The van der Waals surface area contributed by atoms with E-state index >= 15 is 0 Å². The zero-order valence-corrected chi connectivity index (χ0v) is 19.9. The minimum atomic E-state index is -2.64. The van der Waals surface area contributed by atoms with Crippen molar-refractivity contribution >= 4 is 17.5 Å². The lowest BCUT2D eigenvalue weighted by atomic mass is 9.53. The maximum atomic E-state index is 13.2. The molecule has 0 radical (unpaired) electrons. The lowest BCUT2D eigenvalue weighted by molar-refractivity contribution is -0.277. The molecule has 5 aliphatic rings. The Balaban J connectivity index is 1.34. The fraction of sp³-hybridized carbons (Fsp3) is 0.500. The molecule has 7 unspecified atom stereocenters. The maximum Gasteiger partial charge on any atom is 0.347 e. The summed E-state index contributed by atoms with van der Waals surface area (Å²) in [5, 5.41) is 61.4. The van der Waals surface area contributed by atoms with E-state index in [0.717, 1.165) is 6.08 Å². The SMILES string of the molecule is O=C1C(O)C2C=CC1C1C=CC(=O)[C@](O)(C(=O)OCc3ccccc3O[C@H]3OC(CO)[C@H](O)C(O)[C@H]3O)C21.